The molecule has 0 heterocycles. The summed E-state index contributed by atoms with van der Waals surface area (Å²) in [4.78, 5) is 23.0. The predicted molar refractivity (Wildman–Crippen MR) is 102 cm³/mol. The van der Waals surface area contributed by atoms with E-state index in [0.29, 0.717) is 6.42 Å². The minimum Gasteiger partial charge on any atom is -0.425 e. The summed E-state index contributed by atoms with van der Waals surface area (Å²) in [5.74, 6) is -1.01. The van der Waals surface area contributed by atoms with E-state index >= 15 is 0 Å². The molecule has 0 aromatic carbocycles. The van der Waals surface area contributed by atoms with Crippen LogP contribution in [0.2, 0.25) is 0 Å². The Morgan fingerprint density at radius 1 is 0.800 bits per heavy atom. The average Bonchev–Trinajstić information content (AvgIpc) is 2.55. The van der Waals surface area contributed by atoms with Crippen molar-refractivity contribution in [2.24, 2.45) is 5.92 Å². The van der Waals surface area contributed by atoms with Crippen LogP contribution in [0.3, 0.4) is 0 Å². The van der Waals surface area contributed by atoms with Gasteiger partial charge in [0.15, 0.2) is 0 Å². The Bertz CT molecular complexity index is 522. The Kier molecular flexibility index (Phi) is 13.8. The van der Waals surface area contributed by atoms with Gasteiger partial charge in [-0.1, -0.05) is 81.5 Å². The van der Waals surface area contributed by atoms with Crippen LogP contribution in [0, 0.1) is 5.92 Å². The number of hydrogen-bond donors (Lipinski definition) is 0. The molecule has 4 heteroatoms. The molecule has 0 spiro atoms. The zero-order valence-electron chi connectivity index (χ0n) is 15.7. The molecule has 0 saturated carbocycles. The summed E-state index contributed by atoms with van der Waals surface area (Å²) in [5, 5.41) is 0. The number of carbonyl (C=O) groups is 2. The van der Waals surface area contributed by atoms with Crippen LogP contribution in [0.1, 0.15) is 47.0 Å². The van der Waals surface area contributed by atoms with Gasteiger partial charge in [0.25, 0.3) is 0 Å². The lowest BCUT2D eigenvalue weighted by Crippen LogP contribution is -2.24. The van der Waals surface area contributed by atoms with Crippen LogP contribution >= 0.6 is 0 Å². The maximum Gasteiger partial charge on any atom is 0.311 e. The Morgan fingerprint density at radius 2 is 1.32 bits per heavy atom. The van der Waals surface area contributed by atoms with Crippen molar-refractivity contribution in [3.63, 3.8) is 0 Å². The second-order valence-corrected chi connectivity index (χ2v) is 5.61. The molecule has 138 valence electrons. The van der Waals surface area contributed by atoms with E-state index in [1.54, 1.807) is 13.8 Å². The quantitative estimate of drug-likeness (QED) is 0.298. The van der Waals surface area contributed by atoms with Crippen molar-refractivity contribution in [1.29, 1.82) is 0 Å². The average molecular weight is 346 g/mol. The smallest absolute Gasteiger partial charge is 0.311 e. The monoisotopic (exact) mass is 346 g/mol. The molecule has 0 bridgehead atoms. The third kappa shape index (κ3) is 14.9. The lowest BCUT2D eigenvalue weighted by molar-refractivity contribution is -0.186. The van der Waals surface area contributed by atoms with Crippen LogP contribution in [0.5, 0.6) is 0 Å². The lowest BCUT2D eigenvalue weighted by Gasteiger charge is -2.15. The van der Waals surface area contributed by atoms with Gasteiger partial charge < -0.3 is 9.47 Å². The first-order valence-corrected chi connectivity index (χ1v) is 8.69. The molecular formula is C21H30O4. The second kappa shape index (κ2) is 15.2. The molecule has 0 aliphatic carbocycles. The zero-order chi connectivity index (χ0) is 18.9. The van der Waals surface area contributed by atoms with Gasteiger partial charge in [-0.15, -0.1) is 0 Å². The van der Waals surface area contributed by atoms with E-state index in [-0.39, 0.29) is 24.3 Å². The molecule has 0 fully saturated rings. The summed E-state index contributed by atoms with van der Waals surface area (Å²) >= 11 is 0. The van der Waals surface area contributed by atoms with E-state index in [0.717, 1.165) is 6.42 Å². The molecule has 1 atom stereocenters. The lowest BCUT2D eigenvalue weighted by atomic mass is 10.2. The highest BCUT2D eigenvalue weighted by molar-refractivity contribution is 5.72. The molecule has 0 aliphatic heterocycles. The van der Waals surface area contributed by atoms with Crippen LogP contribution in [-0.2, 0) is 19.1 Å². The Hall–Kier alpha value is -2.36. The summed E-state index contributed by atoms with van der Waals surface area (Å²) in [5.41, 5.74) is 0. The maximum atomic E-state index is 11.6. The van der Waals surface area contributed by atoms with Gasteiger partial charge >= 0.3 is 11.9 Å². The van der Waals surface area contributed by atoms with Gasteiger partial charge in [0.2, 0.25) is 6.29 Å². The van der Waals surface area contributed by atoms with E-state index in [1.165, 1.54) is 6.92 Å². The second-order valence-electron chi connectivity index (χ2n) is 5.61. The number of rotatable bonds is 11. The van der Waals surface area contributed by atoms with Crippen molar-refractivity contribution >= 4 is 11.9 Å². The molecule has 0 radical (unpaired) electrons. The molecule has 0 N–H and O–H groups in total. The zero-order valence-corrected chi connectivity index (χ0v) is 15.7. The molecule has 4 nitrogen and oxygen atoms in total. The number of ether oxygens (including phenoxy) is 2. The van der Waals surface area contributed by atoms with Crippen molar-refractivity contribution in [3.05, 3.63) is 60.8 Å². The molecule has 0 amide bonds. The molecule has 25 heavy (non-hydrogen) atoms. The molecule has 0 aliphatic rings. The van der Waals surface area contributed by atoms with Gasteiger partial charge in [-0.2, -0.15) is 0 Å². The topological polar surface area (TPSA) is 52.6 Å². The number of esters is 2. The van der Waals surface area contributed by atoms with Crippen LogP contribution in [0.4, 0.5) is 0 Å². The number of carbonyl (C=O) groups excluding carboxylic acids is 2. The Labute approximate surface area is 151 Å². The van der Waals surface area contributed by atoms with Gasteiger partial charge in [-0.25, -0.2) is 0 Å². The van der Waals surface area contributed by atoms with Gasteiger partial charge in [-0.05, 0) is 12.8 Å². The Morgan fingerprint density at radius 3 is 1.84 bits per heavy atom. The van der Waals surface area contributed by atoms with Crippen molar-refractivity contribution in [2.75, 3.05) is 0 Å². The van der Waals surface area contributed by atoms with Crippen molar-refractivity contribution in [2.45, 2.75) is 53.2 Å². The van der Waals surface area contributed by atoms with Gasteiger partial charge in [0, 0.05) is 13.3 Å². The fourth-order valence-corrected chi connectivity index (χ4v) is 1.54. The fraction of sp³-hybridized carbons (Fsp3) is 0.429. The largest absolute Gasteiger partial charge is 0.425 e. The van der Waals surface area contributed by atoms with Crippen LogP contribution in [0.15, 0.2) is 60.8 Å². The summed E-state index contributed by atoms with van der Waals surface area (Å²) in [6.45, 7) is 7.08. The summed E-state index contributed by atoms with van der Waals surface area (Å²) < 4.78 is 9.98. The van der Waals surface area contributed by atoms with E-state index in [9.17, 15) is 9.59 Å². The molecule has 1 unspecified atom stereocenters. The first-order chi connectivity index (χ1) is 12.0. The van der Waals surface area contributed by atoms with Crippen molar-refractivity contribution in [1.82, 2.24) is 0 Å². The first-order valence-electron chi connectivity index (χ1n) is 8.69. The highest BCUT2D eigenvalue weighted by atomic mass is 16.7. The molecular weight excluding hydrogens is 316 g/mol. The molecule has 0 saturated heterocycles. The van der Waals surface area contributed by atoms with Crippen LogP contribution in [-0.4, -0.2) is 18.2 Å². The summed E-state index contributed by atoms with van der Waals surface area (Å²) in [6.07, 6.45) is 20.5. The van der Waals surface area contributed by atoms with Crippen molar-refractivity contribution < 1.29 is 19.1 Å². The standard InChI is InChI=1S/C21H30O4/c1-5-6-7-8-9-10-11-12-13-14-15-16-17-20(22)24-19(4)25-21(23)18(2)3/h6-15,18-19H,5,16-17H2,1-4H3. The maximum absolute atomic E-state index is 11.6. The summed E-state index contributed by atoms with van der Waals surface area (Å²) in [6, 6.07) is 0. The minimum atomic E-state index is -0.850. The van der Waals surface area contributed by atoms with E-state index < -0.39 is 6.29 Å². The molecule has 0 rings (SSSR count). The fourth-order valence-electron chi connectivity index (χ4n) is 1.54. The highest BCUT2D eigenvalue weighted by Gasteiger charge is 2.15. The van der Waals surface area contributed by atoms with E-state index in [1.807, 2.05) is 54.7 Å². The van der Waals surface area contributed by atoms with Crippen LogP contribution in [0.25, 0.3) is 0 Å². The first kappa shape index (κ1) is 22.6. The normalized spacial score (nSPS) is 13.8. The third-order valence-corrected chi connectivity index (χ3v) is 2.85. The molecule has 0 aromatic rings. The SMILES string of the molecule is CCC=CC=CC=CC=CC=CCCC(=O)OC(C)OC(=O)C(C)C. The van der Waals surface area contributed by atoms with Gasteiger partial charge in [-0.3, -0.25) is 9.59 Å². The third-order valence-electron chi connectivity index (χ3n) is 2.85. The predicted octanol–water partition coefficient (Wildman–Crippen LogP) is 5.05. The number of allylic oxidation sites excluding steroid dienone is 10. The van der Waals surface area contributed by atoms with E-state index in [2.05, 4.69) is 13.0 Å². The number of hydrogen-bond acceptors (Lipinski definition) is 4. The van der Waals surface area contributed by atoms with Crippen LogP contribution < -0.4 is 0 Å². The molecule has 0 aromatic heterocycles. The Balaban J connectivity index is 3.89. The van der Waals surface area contributed by atoms with Gasteiger partial charge in [0.05, 0.1) is 5.92 Å². The van der Waals surface area contributed by atoms with E-state index in [4.69, 9.17) is 9.47 Å². The summed E-state index contributed by atoms with van der Waals surface area (Å²) in [7, 11) is 0. The minimum absolute atomic E-state index is 0.242. The highest BCUT2D eigenvalue weighted by Crippen LogP contribution is 2.04. The van der Waals surface area contributed by atoms with Gasteiger partial charge in [0.1, 0.15) is 0 Å². The van der Waals surface area contributed by atoms with Crippen molar-refractivity contribution in [3.8, 4) is 0 Å².